The number of nitrogens with one attached hydrogen (secondary N) is 1. The highest BCUT2D eigenvalue weighted by Crippen LogP contribution is 2.21. The van der Waals surface area contributed by atoms with Gasteiger partial charge < -0.3 is 10.2 Å². The van der Waals surface area contributed by atoms with Crippen LogP contribution in [0.1, 0.15) is 31.7 Å². The third kappa shape index (κ3) is 6.43. The number of benzene rings is 1. The smallest absolute Gasteiger partial charge is 0.220 e. The van der Waals surface area contributed by atoms with Crippen molar-refractivity contribution in [2.24, 2.45) is 5.92 Å². The summed E-state index contributed by atoms with van der Waals surface area (Å²) in [6.45, 7) is 9.58. The molecular weight excluding hydrogens is 394 g/mol. The van der Waals surface area contributed by atoms with E-state index < -0.39 is 0 Å². The number of anilines is 1. The monoisotopic (exact) mass is 421 g/mol. The molecule has 3 rings (SSSR count). The van der Waals surface area contributed by atoms with Crippen molar-refractivity contribution in [1.29, 1.82) is 0 Å². The van der Waals surface area contributed by atoms with Gasteiger partial charge in [0.25, 0.3) is 0 Å². The van der Waals surface area contributed by atoms with Crippen molar-refractivity contribution in [3.05, 3.63) is 40.7 Å². The molecule has 1 aliphatic rings. The van der Waals surface area contributed by atoms with Gasteiger partial charge in [0.1, 0.15) is 5.82 Å². The van der Waals surface area contributed by atoms with E-state index in [-0.39, 0.29) is 5.91 Å². The maximum Gasteiger partial charge on any atom is 0.220 e. The van der Waals surface area contributed by atoms with Crippen LogP contribution in [-0.2, 0) is 11.2 Å². The lowest BCUT2D eigenvalue weighted by molar-refractivity contribution is -0.121. The van der Waals surface area contributed by atoms with Crippen LogP contribution in [0, 0.1) is 5.92 Å². The van der Waals surface area contributed by atoms with E-state index in [4.69, 9.17) is 16.6 Å². The van der Waals surface area contributed by atoms with E-state index in [1.54, 1.807) is 0 Å². The fourth-order valence-electron chi connectivity index (χ4n) is 3.19. The van der Waals surface area contributed by atoms with Crippen LogP contribution < -0.4 is 10.2 Å². The summed E-state index contributed by atoms with van der Waals surface area (Å²) in [6.07, 6.45) is 1.33. The van der Waals surface area contributed by atoms with E-state index in [2.05, 4.69) is 33.3 Å². The number of hydrogen-bond donors (Lipinski definition) is 1. The van der Waals surface area contributed by atoms with Crippen LogP contribution in [0.15, 0.2) is 24.3 Å². The largest absolute Gasteiger partial charge is 0.355 e. The molecule has 0 spiro atoms. The van der Waals surface area contributed by atoms with Crippen molar-refractivity contribution in [2.75, 3.05) is 44.2 Å². The summed E-state index contributed by atoms with van der Waals surface area (Å²) in [4.78, 5) is 21.1. The molecular formula is C20H28ClN5OS. The molecule has 1 amide bonds. The molecule has 2 aromatic rings. The molecule has 28 heavy (non-hydrogen) atoms. The van der Waals surface area contributed by atoms with E-state index in [0.29, 0.717) is 12.3 Å². The average molecular weight is 422 g/mol. The zero-order valence-corrected chi connectivity index (χ0v) is 18.1. The van der Waals surface area contributed by atoms with Crippen LogP contribution in [0.3, 0.4) is 0 Å². The molecule has 0 unspecified atom stereocenters. The van der Waals surface area contributed by atoms with Gasteiger partial charge in [-0.05, 0) is 23.6 Å². The second-order valence-corrected chi connectivity index (χ2v) is 8.74. The Balaban J connectivity index is 1.41. The molecule has 1 aromatic carbocycles. The Labute approximate surface area is 176 Å². The van der Waals surface area contributed by atoms with E-state index in [1.165, 1.54) is 11.5 Å². The lowest BCUT2D eigenvalue weighted by Gasteiger charge is -2.34. The van der Waals surface area contributed by atoms with E-state index >= 15 is 0 Å². The first-order valence-electron chi connectivity index (χ1n) is 9.80. The Bertz CT molecular complexity index is 756. The van der Waals surface area contributed by atoms with E-state index in [1.807, 2.05) is 24.3 Å². The molecule has 8 heteroatoms. The third-order valence-corrected chi connectivity index (χ3v) is 5.79. The molecule has 0 aliphatic carbocycles. The molecule has 1 aliphatic heterocycles. The van der Waals surface area contributed by atoms with E-state index in [9.17, 15) is 4.79 Å². The average Bonchev–Trinajstić information content (AvgIpc) is 3.12. The van der Waals surface area contributed by atoms with Gasteiger partial charge >= 0.3 is 0 Å². The zero-order chi connectivity index (χ0) is 19.9. The van der Waals surface area contributed by atoms with Gasteiger partial charge in [-0.25, -0.2) is 4.98 Å². The zero-order valence-electron chi connectivity index (χ0n) is 16.5. The van der Waals surface area contributed by atoms with Gasteiger partial charge in [-0.15, -0.1) is 0 Å². The third-order valence-electron chi connectivity index (χ3n) is 4.72. The number of carbonyl (C=O) groups excluding carboxylic acids is 1. The standard InChI is InChI=1S/C20H28ClN5OS/c1-15(2)13-19(27)22-7-8-25-9-11-26(12-10-25)20-23-18(24-28-20)14-16-3-5-17(21)6-4-16/h3-6,15H,7-14H2,1-2H3,(H,22,27). The Morgan fingerprint density at radius 1 is 1.21 bits per heavy atom. The number of rotatable bonds is 8. The fourth-order valence-corrected chi connectivity index (χ4v) is 4.05. The highest BCUT2D eigenvalue weighted by atomic mass is 35.5. The highest BCUT2D eigenvalue weighted by molar-refractivity contribution is 7.09. The van der Waals surface area contributed by atoms with Crippen LogP contribution in [0.4, 0.5) is 5.13 Å². The van der Waals surface area contributed by atoms with Crippen molar-refractivity contribution in [1.82, 2.24) is 19.6 Å². The van der Waals surface area contributed by atoms with Gasteiger partial charge in [0.2, 0.25) is 11.0 Å². The minimum atomic E-state index is 0.149. The van der Waals surface area contributed by atoms with Gasteiger partial charge in [-0.3, -0.25) is 9.69 Å². The van der Waals surface area contributed by atoms with Gasteiger partial charge in [0, 0.05) is 68.7 Å². The summed E-state index contributed by atoms with van der Waals surface area (Å²) in [7, 11) is 0. The SMILES string of the molecule is CC(C)CC(=O)NCCN1CCN(c2nc(Cc3ccc(Cl)cc3)ns2)CC1. The normalized spacial score (nSPS) is 15.2. The second kappa shape index (κ2) is 10.2. The maximum atomic E-state index is 11.7. The Hall–Kier alpha value is -1.70. The molecule has 6 nitrogen and oxygen atoms in total. The summed E-state index contributed by atoms with van der Waals surface area (Å²) >= 11 is 7.41. The molecule has 0 saturated carbocycles. The van der Waals surface area contributed by atoms with Gasteiger partial charge in [0.05, 0.1) is 0 Å². The number of amides is 1. The lowest BCUT2D eigenvalue weighted by atomic mass is 10.1. The van der Waals surface area contributed by atoms with Gasteiger partial charge in [0.15, 0.2) is 0 Å². The first kappa shape index (κ1) is 21.0. The van der Waals surface area contributed by atoms with Crippen LogP contribution in [0.25, 0.3) is 0 Å². The number of carbonyl (C=O) groups is 1. The molecule has 152 valence electrons. The second-order valence-electron chi connectivity index (χ2n) is 7.57. The van der Waals surface area contributed by atoms with E-state index in [0.717, 1.165) is 67.2 Å². The topological polar surface area (TPSA) is 61.4 Å². The fraction of sp³-hybridized carbons (Fsp3) is 0.550. The Morgan fingerprint density at radius 3 is 2.61 bits per heavy atom. The minimum absolute atomic E-state index is 0.149. The van der Waals surface area contributed by atoms with Crippen molar-refractivity contribution >= 4 is 34.2 Å². The number of piperazine rings is 1. The van der Waals surface area contributed by atoms with Crippen LogP contribution >= 0.6 is 23.1 Å². The minimum Gasteiger partial charge on any atom is -0.355 e. The number of nitrogens with zero attached hydrogens (tertiary/aromatic N) is 4. The number of hydrogen-bond acceptors (Lipinski definition) is 6. The molecule has 0 atom stereocenters. The Morgan fingerprint density at radius 2 is 1.93 bits per heavy atom. The molecule has 1 saturated heterocycles. The Kier molecular flexibility index (Phi) is 7.65. The van der Waals surface area contributed by atoms with Crippen LogP contribution in [0.2, 0.25) is 5.02 Å². The first-order valence-corrected chi connectivity index (χ1v) is 11.0. The summed E-state index contributed by atoms with van der Waals surface area (Å²) in [5.41, 5.74) is 1.16. The maximum absolute atomic E-state index is 11.7. The van der Waals surface area contributed by atoms with Gasteiger partial charge in [-0.2, -0.15) is 4.37 Å². The lowest BCUT2D eigenvalue weighted by Crippen LogP contribution is -2.48. The van der Waals surface area contributed by atoms with Crippen LogP contribution in [0.5, 0.6) is 0 Å². The van der Waals surface area contributed by atoms with Crippen molar-refractivity contribution in [3.63, 3.8) is 0 Å². The predicted molar refractivity (Wildman–Crippen MR) is 115 cm³/mol. The highest BCUT2D eigenvalue weighted by Gasteiger charge is 2.20. The van der Waals surface area contributed by atoms with Crippen molar-refractivity contribution in [2.45, 2.75) is 26.7 Å². The summed E-state index contributed by atoms with van der Waals surface area (Å²) in [6, 6.07) is 7.83. The molecule has 1 N–H and O–H groups in total. The molecule has 2 heterocycles. The molecule has 0 bridgehead atoms. The quantitative estimate of drug-likeness (QED) is 0.709. The first-order chi connectivity index (χ1) is 13.5. The number of aromatic nitrogens is 2. The van der Waals surface area contributed by atoms with Crippen molar-refractivity contribution < 1.29 is 4.79 Å². The summed E-state index contributed by atoms with van der Waals surface area (Å²) in [5.74, 6) is 1.41. The summed E-state index contributed by atoms with van der Waals surface area (Å²) < 4.78 is 4.52. The summed E-state index contributed by atoms with van der Waals surface area (Å²) in [5, 5.41) is 4.75. The predicted octanol–water partition coefficient (Wildman–Crippen LogP) is 3.07. The molecule has 1 fully saturated rings. The van der Waals surface area contributed by atoms with Crippen LogP contribution in [-0.4, -0.2) is 59.4 Å². The van der Waals surface area contributed by atoms with Crippen molar-refractivity contribution in [3.8, 4) is 0 Å². The molecule has 1 aromatic heterocycles. The number of halogens is 1. The molecule has 0 radical (unpaired) electrons. The van der Waals surface area contributed by atoms with Gasteiger partial charge in [-0.1, -0.05) is 37.6 Å².